The number of hydrogen-bond acceptors (Lipinski definition) is 3. The SMILES string of the molecule is CCCNCc1ccc(N2CCCN(C)CC2CC)cc1. The molecule has 1 N–H and O–H groups in total. The first-order chi connectivity index (χ1) is 10.2. The number of benzene rings is 1. The van der Waals surface area contributed by atoms with Crippen molar-refractivity contribution >= 4 is 5.69 Å². The highest BCUT2D eigenvalue weighted by atomic mass is 15.2. The van der Waals surface area contributed by atoms with Crippen LogP contribution in [0.5, 0.6) is 0 Å². The van der Waals surface area contributed by atoms with Crippen LogP contribution in [0.4, 0.5) is 5.69 Å². The lowest BCUT2D eigenvalue weighted by atomic mass is 10.1. The fourth-order valence-corrected chi connectivity index (χ4v) is 3.15. The van der Waals surface area contributed by atoms with Gasteiger partial charge in [-0.15, -0.1) is 0 Å². The number of hydrogen-bond donors (Lipinski definition) is 1. The van der Waals surface area contributed by atoms with Crippen LogP contribution in [-0.2, 0) is 6.54 Å². The van der Waals surface area contributed by atoms with Gasteiger partial charge in [-0.3, -0.25) is 0 Å². The molecule has 0 aromatic heterocycles. The first kappa shape index (κ1) is 16.3. The molecule has 1 saturated heterocycles. The molecule has 0 bridgehead atoms. The summed E-state index contributed by atoms with van der Waals surface area (Å²) in [6, 6.07) is 9.80. The van der Waals surface area contributed by atoms with Crippen molar-refractivity contribution in [2.24, 2.45) is 0 Å². The molecule has 0 radical (unpaired) electrons. The van der Waals surface area contributed by atoms with Crippen molar-refractivity contribution in [1.82, 2.24) is 10.2 Å². The Morgan fingerprint density at radius 2 is 1.90 bits per heavy atom. The predicted molar refractivity (Wildman–Crippen MR) is 92.0 cm³/mol. The molecule has 1 aliphatic heterocycles. The van der Waals surface area contributed by atoms with E-state index in [-0.39, 0.29) is 0 Å². The smallest absolute Gasteiger partial charge is 0.0414 e. The monoisotopic (exact) mass is 289 g/mol. The average molecular weight is 289 g/mol. The minimum atomic E-state index is 0.640. The first-order valence-corrected chi connectivity index (χ1v) is 8.49. The van der Waals surface area contributed by atoms with Gasteiger partial charge in [0.1, 0.15) is 0 Å². The van der Waals surface area contributed by atoms with Crippen LogP contribution in [0.3, 0.4) is 0 Å². The molecule has 2 rings (SSSR count). The number of nitrogens with one attached hydrogen (secondary N) is 1. The lowest BCUT2D eigenvalue weighted by Crippen LogP contribution is -2.39. The van der Waals surface area contributed by atoms with Crippen LogP contribution in [-0.4, -0.2) is 44.2 Å². The van der Waals surface area contributed by atoms with Crippen molar-refractivity contribution in [3.63, 3.8) is 0 Å². The van der Waals surface area contributed by atoms with Crippen LogP contribution < -0.4 is 10.2 Å². The van der Waals surface area contributed by atoms with Crippen LogP contribution in [0.25, 0.3) is 0 Å². The van der Waals surface area contributed by atoms with E-state index in [1.54, 1.807) is 0 Å². The van der Waals surface area contributed by atoms with Gasteiger partial charge in [0.05, 0.1) is 0 Å². The van der Waals surface area contributed by atoms with Gasteiger partial charge in [0, 0.05) is 31.4 Å². The van der Waals surface area contributed by atoms with Crippen molar-refractivity contribution in [3.05, 3.63) is 29.8 Å². The van der Waals surface area contributed by atoms with Gasteiger partial charge < -0.3 is 15.1 Å². The Morgan fingerprint density at radius 1 is 1.14 bits per heavy atom. The van der Waals surface area contributed by atoms with E-state index >= 15 is 0 Å². The maximum Gasteiger partial charge on any atom is 0.0414 e. The van der Waals surface area contributed by atoms with E-state index in [0.29, 0.717) is 6.04 Å². The molecular weight excluding hydrogens is 258 g/mol. The molecule has 1 atom stereocenters. The molecule has 1 unspecified atom stereocenters. The van der Waals surface area contributed by atoms with E-state index < -0.39 is 0 Å². The van der Waals surface area contributed by atoms with Crippen LogP contribution in [0.15, 0.2) is 24.3 Å². The fourth-order valence-electron chi connectivity index (χ4n) is 3.15. The molecule has 1 aromatic carbocycles. The Kier molecular flexibility index (Phi) is 6.52. The second-order valence-corrected chi connectivity index (χ2v) is 6.21. The average Bonchev–Trinajstić information content (AvgIpc) is 2.69. The van der Waals surface area contributed by atoms with Crippen LogP contribution in [0.2, 0.25) is 0 Å². The quantitative estimate of drug-likeness (QED) is 0.812. The van der Waals surface area contributed by atoms with Gasteiger partial charge in [-0.2, -0.15) is 0 Å². The molecule has 3 nitrogen and oxygen atoms in total. The normalized spacial score (nSPS) is 20.5. The van der Waals surface area contributed by atoms with Gasteiger partial charge in [-0.25, -0.2) is 0 Å². The van der Waals surface area contributed by atoms with E-state index in [1.807, 2.05) is 0 Å². The van der Waals surface area contributed by atoms with Gasteiger partial charge in [0.25, 0.3) is 0 Å². The molecule has 118 valence electrons. The summed E-state index contributed by atoms with van der Waals surface area (Å²) >= 11 is 0. The van der Waals surface area contributed by atoms with Crippen molar-refractivity contribution < 1.29 is 0 Å². The van der Waals surface area contributed by atoms with Gasteiger partial charge >= 0.3 is 0 Å². The lowest BCUT2D eigenvalue weighted by molar-refractivity contribution is 0.328. The minimum Gasteiger partial charge on any atom is -0.367 e. The van der Waals surface area contributed by atoms with Crippen molar-refractivity contribution in [2.45, 2.75) is 45.7 Å². The fraction of sp³-hybridized carbons (Fsp3) is 0.667. The highest BCUT2D eigenvalue weighted by molar-refractivity contribution is 5.49. The topological polar surface area (TPSA) is 18.5 Å². The standard InChI is InChI=1S/C18H31N3/c1-4-11-19-14-16-7-9-18(10-8-16)21-13-6-12-20(3)15-17(21)5-2/h7-10,17,19H,4-6,11-15H2,1-3H3. The zero-order valence-electron chi connectivity index (χ0n) is 13.9. The summed E-state index contributed by atoms with van der Waals surface area (Å²) in [4.78, 5) is 5.07. The Hall–Kier alpha value is -1.06. The molecule has 0 spiro atoms. The maximum atomic E-state index is 3.47. The summed E-state index contributed by atoms with van der Waals surface area (Å²) in [5, 5.41) is 3.47. The number of nitrogens with zero attached hydrogens (tertiary/aromatic N) is 2. The Labute approximate surface area is 130 Å². The van der Waals surface area contributed by atoms with Crippen LogP contribution in [0.1, 0.15) is 38.7 Å². The summed E-state index contributed by atoms with van der Waals surface area (Å²) in [6.07, 6.45) is 3.66. The predicted octanol–water partition coefficient (Wildman–Crippen LogP) is 3.11. The summed E-state index contributed by atoms with van der Waals surface area (Å²) < 4.78 is 0. The highest BCUT2D eigenvalue weighted by Crippen LogP contribution is 2.22. The third-order valence-corrected chi connectivity index (χ3v) is 4.40. The Bertz CT molecular complexity index is 401. The molecular formula is C18H31N3. The largest absolute Gasteiger partial charge is 0.367 e. The summed E-state index contributed by atoms with van der Waals surface area (Å²) in [7, 11) is 2.24. The van der Waals surface area contributed by atoms with E-state index in [4.69, 9.17) is 0 Å². The molecule has 1 aliphatic rings. The van der Waals surface area contributed by atoms with Crippen LogP contribution in [0, 0.1) is 0 Å². The van der Waals surface area contributed by atoms with Gasteiger partial charge in [-0.1, -0.05) is 26.0 Å². The zero-order chi connectivity index (χ0) is 15.1. The summed E-state index contributed by atoms with van der Waals surface area (Å²) in [5.74, 6) is 0. The highest BCUT2D eigenvalue weighted by Gasteiger charge is 2.21. The van der Waals surface area contributed by atoms with Crippen LogP contribution >= 0.6 is 0 Å². The van der Waals surface area contributed by atoms with E-state index in [1.165, 1.54) is 50.1 Å². The third kappa shape index (κ3) is 4.72. The van der Waals surface area contributed by atoms with Gasteiger partial charge in [-0.05, 0) is 57.1 Å². The third-order valence-electron chi connectivity index (χ3n) is 4.40. The molecule has 0 saturated carbocycles. The van der Waals surface area contributed by atoms with E-state index in [0.717, 1.165) is 13.1 Å². The Morgan fingerprint density at radius 3 is 2.57 bits per heavy atom. The molecule has 1 aromatic rings. The minimum absolute atomic E-state index is 0.640. The summed E-state index contributed by atoms with van der Waals surface area (Å²) in [5.41, 5.74) is 2.77. The number of rotatable bonds is 6. The second kappa shape index (κ2) is 8.40. The number of likely N-dealkylation sites (N-methyl/N-ethyl adjacent to an activating group) is 1. The maximum absolute atomic E-state index is 3.47. The van der Waals surface area contributed by atoms with Crippen molar-refractivity contribution in [1.29, 1.82) is 0 Å². The molecule has 1 fully saturated rings. The van der Waals surface area contributed by atoms with Crippen molar-refractivity contribution in [3.8, 4) is 0 Å². The molecule has 1 heterocycles. The number of anilines is 1. The molecule has 21 heavy (non-hydrogen) atoms. The van der Waals surface area contributed by atoms with E-state index in [9.17, 15) is 0 Å². The first-order valence-electron chi connectivity index (χ1n) is 8.49. The molecule has 0 amide bonds. The lowest BCUT2D eigenvalue weighted by Gasteiger charge is -2.32. The van der Waals surface area contributed by atoms with E-state index in [2.05, 4.69) is 60.3 Å². The second-order valence-electron chi connectivity index (χ2n) is 6.21. The van der Waals surface area contributed by atoms with Gasteiger partial charge in [0.2, 0.25) is 0 Å². The summed E-state index contributed by atoms with van der Waals surface area (Å²) in [6.45, 7) is 10.2. The van der Waals surface area contributed by atoms with Gasteiger partial charge in [0.15, 0.2) is 0 Å². The Balaban J connectivity index is 2.02. The van der Waals surface area contributed by atoms with Crippen molar-refractivity contribution in [2.75, 3.05) is 38.1 Å². The molecule has 3 heteroatoms. The zero-order valence-corrected chi connectivity index (χ0v) is 13.9. The molecule has 0 aliphatic carbocycles.